The Balaban J connectivity index is 2.03. The second-order valence-corrected chi connectivity index (χ2v) is 4.85. The van der Waals surface area contributed by atoms with Gasteiger partial charge in [0.1, 0.15) is 0 Å². The quantitative estimate of drug-likeness (QED) is 0.848. The van der Waals surface area contributed by atoms with Gasteiger partial charge in [-0.15, -0.1) is 0 Å². The number of anilines is 1. The second-order valence-electron chi connectivity index (χ2n) is 3.94. The van der Waals surface area contributed by atoms with Crippen LogP contribution < -0.4 is 11.1 Å². The summed E-state index contributed by atoms with van der Waals surface area (Å²) in [7, 11) is 1.83. The Hall–Kier alpha value is -1.82. The average Bonchev–Trinajstić information content (AvgIpc) is 2.70. The van der Waals surface area contributed by atoms with Gasteiger partial charge in [-0.1, -0.05) is 15.9 Å². The second kappa shape index (κ2) is 5.22. The maximum Gasteiger partial charge on any atom is 0.251 e. The molecule has 0 bridgehead atoms. The molecule has 94 valence electrons. The fourth-order valence-corrected chi connectivity index (χ4v) is 2.08. The highest BCUT2D eigenvalue weighted by Gasteiger charge is 2.07. The maximum absolute atomic E-state index is 11.9. The molecule has 0 radical (unpaired) electrons. The molecule has 5 nitrogen and oxygen atoms in total. The van der Waals surface area contributed by atoms with E-state index in [1.54, 1.807) is 22.9 Å². The summed E-state index contributed by atoms with van der Waals surface area (Å²) in [6.07, 6.45) is 1.83. The molecule has 2 aromatic rings. The number of halogens is 1. The summed E-state index contributed by atoms with van der Waals surface area (Å²) in [6, 6.07) is 6.97. The summed E-state index contributed by atoms with van der Waals surface area (Å²) in [4.78, 5) is 11.9. The number of rotatable bonds is 3. The van der Waals surface area contributed by atoms with E-state index < -0.39 is 0 Å². The molecule has 0 aliphatic rings. The molecular weight excluding hydrogens is 296 g/mol. The molecule has 0 aliphatic carbocycles. The van der Waals surface area contributed by atoms with Gasteiger partial charge >= 0.3 is 0 Å². The molecule has 1 heterocycles. The van der Waals surface area contributed by atoms with Crippen molar-refractivity contribution in [2.24, 2.45) is 7.05 Å². The Kier molecular flexibility index (Phi) is 3.66. The normalized spacial score (nSPS) is 10.3. The first-order valence-corrected chi connectivity index (χ1v) is 6.16. The summed E-state index contributed by atoms with van der Waals surface area (Å²) in [6.45, 7) is 0.395. The van der Waals surface area contributed by atoms with E-state index >= 15 is 0 Å². The van der Waals surface area contributed by atoms with Crippen LogP contribution >= 0.6 is 15.9 Å². The number of aryl methyl sites for hydroxylation is 1. The third kappa shape index (κ3) is 3.10. The lowest BCUT2D eigenvalue weighted by atomic mass is 10.2. The summed E-state index contributed by atoms with van der Waals surface area (Å²) >= 11 is 3.30. The van der Waals surface area contributed by atoms with E-state index in [9.17, 15) is 4.79 Å². The number of benzene rings is 1. The van der Waals surface area contributed by atoms with Crippen LogP contribution in [0.4, 0.5) is 5.69 Å². The van der Waals surface area contributed by atoms with E-state index in [0.717, 1.165) is 10.2 Å². The molecule has 0 saturated heterocycles. The number of aromatic nitrogens is 2. The van der Waals surface area contributed by atoms with Crippen molar-refractivity contribution < 1.29 is 4.79 Å². The molecule has 0 aliphatic heterocycles. The molecule has 6 heteroatoms. The van der Waals surface area contributed by atoms with Crippen LogP contribution in [0.1, 0.15) is 16.1 Å². The van der Waals surface area contributed by atoms with E-state index in [2.05, 4.69) is 26.3 Å². The molecule has 0 spiro atoms. The highest BCUT2D eigenvalue weighted by Crippen LogP contribution is 2.17. The van der Waals surface area contributed by atoms with Crippen LogP contribution in [0.15, 0.2) is 34.9 Å². The largest absolute Gasteiger partial charge is 0.399 e. The number of nitrogen functional groups attached to an aromatic ring is 1. The molecule has 1 amide bonds. The predicted molar refractivity (Wildman–Crippen MR) is 72.9 cm³/mol. The van der Waals surface area contributed by atoms with E-state index in [-0.39, 0.29) is 5.91 Å². The van der Waals surface area contributed by atoms with Crippen molar-refractivity contribution >= 4 is 27.5 Å². The van der Waals surface area contributed by atoms with Crippen LogP contribution in [0.25, 0.3) is 0 Å². The lowest BCUT2D eigenvalue weighted by Crippen LogP contribution is -2.23. The molecule has 0 fully saturated rings. The molecule has 0 saturated carbocycles. The smallest absolute Gasteiger partial charge is 0.251 e. The average molecular weight is 309 g/mol. The van der Waals surface area contributed by atoms with Crippen molar-refractivity contribution in [1.82, 2.24) is 15.1 Å². The standard InChI is InChI=1S/C12H13BrN4O/c1-17-3-2-11(16-17)7-15-12(18)8-4-9(13)6-10(14)5-8/h2-6H,7,14H2,1H3,(H,15,18). The third-order valence-electron chi connectivity index (χ3n) is 2.38. The van der Waals surface area contributed by atoms with Gasteiger partial charge in [-0.3, -0.25) is 9.48 Å². The van der Waals surface area contributed by atoms with Crippen molar-refractivity contribution in [1.29, 1.82) is 0 Å². The van der Waals surface area contributed by atoms with Crippen LogP contribution in [0.5, 0.6) is 0 Å². The van der Waals surface area contributed by atoms with Crippen LogP contribution in [-0.4, -0.2) is 15.7 Å². The zero-order valence-electron chi connectivity index (χ0n) is 9.85. The number of nitrogens with one attached hydrogen (secondary N) is 1. The van der Waals surface area contributed by atoms with Crippen LogP contribution in [0.2, 0.25) is 0 Å². The van der Waals surface area contributed by atoms with Gasteiger partial charge in [-0.05, 0) is 24.3 Å². The van der Waals surface area contributed by atoms with Crippen LogP contribution in [0.3, 0.4) is 0 Å². The van der Waals surface area contributed by atoms with Gasteiger partial charge in [0.15, 0.2) is 0 Å². The molecule has 1 aromatic heterocycles. The van der Waals surface area contributed by atoms with Gasteiger partial charge in [0, 0.05) is 29.0 Å². The maximum atomic E-state index is 11.9. The highest BCUT2D eigenvalue weighted by molar-refractivity contribution is 9.10. The van der Waals surface area contributed by atoms with Gasteiger partial charge in [-0.2, -0.15) is 5.10 Å². The zero-order valence-corrected chi connectivity index (χ0v) is 11.4. The third-order valence-corrected chi connectivity index (χ3v) is 2.84. The van der Waals surface area contributed by atoms with E-state index in [0.29, 0.717) is 17.8 Å². The molecule has 3 N–H and O–H groups in total. The monoisotopic (exact) mass is 308 g/mol. The molecule has 0 unspecified atom stereocenters. The number of carbonyl (C=O) groups is 1. The van der Waals surface area contributed by atoms with E-state index in [1.807, 2.05) is 19.3 Å². The Morgan fingerprint density at radius 1 is 1.50 bits per heavy atom. The van der Waals surface area contributed by atoms with Gasteiger partial charge in [0.05, 0.1) is 12.2 Å². The SMILES string of the molecule is Cn1ccc(CNC(=O)c2cc(N)cc(Br)c2)n1. The molecule has 1 aromatic carbocycles. The minimum Gasteiger partial charge on any atom is -0.399 e. The minimum atomic E-state index is -0.173. The van der Waals surface area contributed by atoms with Crippen molar-refractivity contribution in [2.45, 2.75) is 6.54 Å². The first-order chi connectivity index (χ1) is 8.54. The molecular formula is C12H13BrN4O. The van der Waals surface area contributed by atoms with Gasteiger partial charge in [0.2, 0.25) is 0 Å². The van der Waals surface area contributed by atoms with E-state index in [4.69, 9.17) is 5.73 Å². The topological polar surface area (TPSA) is 72.9 Å². The summed E-state index contributed by atoms with van der Waals surface area (Å²) in [5, 5.41) is 6.97. The molecule has 18 heavy (non-hydrogen) atoms. The number of nitrogens with zero attached hydrogens (tertiary/aromatic N) is 2. The Bertz CT molecular complexity index is 559. The first-order valence-electron chi connectivity index (χ1n) is 5.37. The van der Waals surface area contributed by atoms with Gasteiger partial charge in [0.25, 0.3) is 5.91 Å². The van der Waals surface area contributed by atoms with Crippen LogP contribution in [-0.2, 0) is 13.6 Å². The van der Waals surface area contributed by atoms with Crippen molar-refractivity contribution in [3.8, 4) is 0 Å². The predicted octanol–water partition coefficient (Wildman–Crippen LogP) is 1.69. The first kappa shape index (κ1) is 12.6. The van der Waals surface area contributed by atoms with Crippen molar-refractivity contribution in [3.63, 3.8) is 0 Å². The van der Waals surface area contributed by atoms with Crippen LogP contribution in [0, 0.1) is 0 Å². The molecule has 0 atom stereocenters. The number of amides is 1. The van der Waals surface area contributed by atoms with Gasteiger partial charge in [-0.25, -0.2) is 0 Å². The zero-order chi connectivity index (χ0) is 13.1. The minimum absolute atomic E-state index is 0.173. The molecule has 2 rings (SSSR count). The number of nitrogens with two attached hydrogens (primary N) is 1. The lowest BCUT2D eigenvalue weighted by Gasteiger charge is -2.05. The summed E-state index contributed by atoms with van der Waals surface area (Å²) in [5.74, 6) is -0.173. The van der Waals surface area contributed by atoms with Gasteiger partial charge < -0.3 is 11.1 Å². The number of hydrogen-bond acceptors (Lipinski definition) is 3. The Morgan fingerprint density at radius 3 is 2.89 bits per heavy atom. The number of carbonyl (C=O) groups excluding carboxylic acids is 1. The highest BCUT2D eigenvalue weighted by atomic mass is 79.9. The van der Waals surface area contributed by atoms with Crippen molar-refractivity contribution in [2.75, 3.05) is 5.73 Å². The van der Waals surface area contributed by atoms with Crippen molar-refractivity contribution in [3.05, 3.63) is 46.2 Å². The fraction of sp³-hybridized carbons (Fsp3) is 0.167. The Labute approximate surface area is 113 Å². The fourth-order valence-electron chi connectivity index (χ4n) is 1.57. The lowest BCUT2D eigenvalue weighted by molar-refractivity contribution is 0.0950. The number of hydrogen-bond donors (Lipinski definition) is 2. The summed E-state index contributed by atoms with van der Waals surface area (Å²) < 4.78 is 2.48. The Morgan fingerprint density at radius 2 is 2.28 bits per heavy atom. The van der Waals surface area contributed by atoms with E-state index in [1.165, 1.54) is 0 Å². The summed E-state index contributed by atoms with van der Waals surface area (Å²) in [5.41, 5.74) is 7.57.